The van der Waals surface area contributed by atoms with Gasteiger partial charge < -0.3 is 19.7 Å². The topological polar surface area (TPSA) is 76.6 Å². The monoisotopic (exact) mass is 378 g/mol. The molecule has 0 radical (unpaired) electrons. The summed E-state index contributed by atoms with van der Waals surface area (Å²) in [6, 6.07) is 12.7. The molecule has 7 nitrogen and oxygen atoms in total. The summed E-state index contributed by atoms with van der Waals surface area (Å²) in [5.41, 5.74) is 1.96. The summed E-state index contributed by atoms with van der Waals surface area (Å²) in [5, 5.41) is 2.93. The summed E-state index contributed by atoms with van der Waals surface area (Å²) >= 11 is 0. The summed E-state index contributed by atoms with van der Waals surface area (Å²) in [6.45, 7) is 1.81. The lowest BCUT2D eigenvalue weighted by Crippen LogP contribution is -2.23. The summed E-state index contributed by atoms with van der Waals surface area (Å²) in [7, 11) is 3.10. The number of carbonyl (C=O) groups is 1. The fourth-order valence-corrected chi connectivity index (χ4v) is 3.38. The number of anilines is 2. The van der Waals surface area contributed by atoms with Crippen molar-refractivity contribution in [1.82, 2.24) is 9.97 Å². The first-order valence-corrected chi connectivity index (χ1v) is 9.24. The summed E-state index contributed by atoms with van der Waals surface area (Å²) in [6.07, 6.45) is 2.21. The molecule has 28 heavy (non-hydrogen) atoms. The van der Waals surface area contributed by atoms with Crippen LogP contribution >= 0.6 is 0 Å². The number of nitrogens with one attached hydrogen (secondary N) is 1. The summed E-state index contributed by atoms with van der Waals surface area (Å²) < 4.78 is 10.6. The van der Waals surface area contributed by atoms with Crippen molar-refractivity contribution in [2.75, 3.05) is 37.5 Å². The number of para-hydroxylation sites is 2. The molecule has 1 fully saturated rings. The summed E-state index contributed by atoms with van der Waals surface area (Å²) in [4.78, 5) is 24.6. The molecule has 0 aliphatic carbocycles. The van der Waals surface area contributed by atoms with Crippen LogP contribution in [0.5, 0.6) is 11.5 Å². The number of methoxy groups -OCH3 is 2. The smallest absolute Gasteiger partial charge is 0.260 e. The van der Waals surface area contributed by atoms with Crippen molar-refractivity contribution in [3.05, 3.63) is 48.0 Å². The molecule has 1 amide bonds. The lowest BCUT2D eigenvalue weighted by molar-refractivity contribution is 0.102. The fourth-order valence-electron chi connectivity index (χ4n) is 3.38. The molecule has 0 bridgehead atoms. The molecule has 4 rings (SSSR count). The van der Waals surface area contributed by atoms with Crippen LogP contribution in [0, 0.1) is 0 Å². The van der Waals surface area contributed by atoms with Crippen molar-refractivity contribution >= 4 is 28.6 Å². The second-order valence-electron chi connectivity index (χ2n) is 6.60. The zero-order valence-electron chi connectivity index (χ0n) is 15.9. The van der Waals surface area contributed by atoms with E-state index in [0.29, 0.717) is 28.7 Å². The molecule has 1 aromatic heterocycles. The second-order valence-corrected chi connectivity index (χ2v) is 6.60. The van der Waals surface area contributed by atoms with E-state index in [1.807, 2.05) is 24.3 Å². The molecule has 0 spiro atoms. The first-order valence-electron chi connectivity index (χ1n) is 9.24. The van der Waals surface area contributed by atoms with Crippen LogP contribution in [-0.2, 0) is 0 Å². The second kappa shape index (κ2) is 7.72. The van der Waals surface area contributed by atoms with Crippen LogP contribution in [0.1, 0.15) is 23.2 Å². The highest BCUT2D eigenvalue weighted by molar-refractivity contribution is 6.07. The highest BCUT2D eigenvalue weighted by Crippen LogP contribution is 2.30. The number of aromatic nitrogens is 2. The van der Waals surface area contributed by atoms with E-state index < -0.39 is 0 Å². The van der Waals surface area contributed by atoms with Crippen LogP contribution in [0.3, 0.4) is 0 Å². The molecule has 144 valence electrons. The van der Waals surface area contributed by atoms with Gasteiger partial charge in [-0.1, -0.05) is 12.1 Å². The number of nitrogens with zero attached hydrogens (tertiary/aromatic N) is 3. The third-order valence-corrected chi connectivity index (χ3v) is 4.84. The molecule has 3 aromatic rings. The number of hydrogen-bond acceptors (Lipinski definition) is 6. The van der Waals surface area contributed by atoms with Crippen LogP contribution in [0.25, 0.3) is 11.0 Å². The van der Waals surface area contributed by atoms with E-state index in [4.69, 9.17) is 14.5 Å². The van der Waals surface area contributed by atoms with Crippen LogP contribution in [0.15, 0.2) is 42.5 Å². The molecule has 1 aliphatic rings. The molecular weight excluding hydrogens is 356 g/mol. The van der Waals surface area contributed by atoms with Gasteiger partial charge in [0.1, 0.15) is 11.5 Å². The molecule has 0 unspecified atom stereocenters. The quantitative estimate of drug-likeness (QED) is 0.732. The van der Waals surface area contributed by atoms with Crippen LogP contribution in [0.4, 0.5) is 11.6 Å². The zero-order valence-corrected chi connectivity index (χ0v) is 15.9. The van der Waals surface area contributed by atoms with E-state index in [9.17, 15) is 4.79 Å². The number of ether oxygens (including phenoxy) is 2. The Hall–Kier alpha value is -3.35. The Bertz CT molecular complexity index is 1020. The van der Waals surface area contributed by atoms with E-state index in [1.165, 1.54) is 7.11 Å². The third-order valence-electron chi connectivity index (χ3n) is 4.84. The maximum atomic E-state index is 13.0. The van der Waals surface area contributed by atoms with Gasteiger partial charge in [0.2, 0.25) is 0 Å². The molecule has 2 aromatic carbocycles. The molecule has 1 aliphatic heterocycles. The molecule has 7 heteroatoms. The van der Waals surface area contributed by atoms with E-state index in [-0.39, 0.29) is 5.91 Å². The van der Waals surface area contributed by atoms with Gasteiger partial charge in [-0.3, -0.25) is 4.79 Å². The van der Waals surface area contributed by atoms with Crippen molar-refractivity contribution in [3.63, 3.8) is 0 Å². The number of fused-ring (bicyclic) bond motifs is 1. The molecule has 1 N–H and O–H groups in total. The normalized spacial score (nSPS) is 13.6. The van der Waals surface area contributed by atoms with Crippen LogP contribution in [-0.4, -0.2) is 43.2 Å². The van der Waals surface area contributed by atoms with Gasteiger partial charge in [0.25, 0.3) is 5.91 Å². The first kappa shape index (κ1) is 18.0. The average molecular weight is 378 g/mol. The van der Waals surface area contributed by atoms with Gasteiger partial charge in [-0.05, 0) is 37.1 Å². The van der Waals surface area contributed by atoms with Gasteiger partial charge in [-0.25, -0.2) is 9.97 Å². The van der Waals surface area contributed by atoms with Gasteiger partial charge >= 0.3 is 0 Å². The molecule has 1 saturated heterocycles. The van der Waals surface area contributed by atoms with Crippen molar-refractivity contribution in [3.8, 4) is 11.5 Å². The number of rotatable bonds is 5. The van der Waals surface area contributed by atoms with Gasteiger partial charge in [-0.15, -0.1) is 0 Å². The highest BCUT2D eigenvalue weighted by Gasteiger charge is 2.22. The Morgan fingerprint density at radius 2 is 1.71 bits per heavy atom. The zero-order chi connectivity index (χ0) is 19.5. The Labute approximate surface area is 163 Å². The molecule has 2 heterocycles. The van der Waals surface area contributed by atoms with E-state index in [1.54, 1.807) is 25.3 Å². The van der Waals surface area contributed by atoms with Crippen molar-refractivity contribution < 1.29 is 14.3 Å². The first-order chi connectivity index (χ1) is 13.7. The maximum absolute atomic E-state index is 13.0. The highest BCUT2D eigenvalue weighted by atomic mass is 16.5. The van der Waals surface area contributed by atoms with Gasteiger partial charge in [0.15, 0.2) is 11.6 Å². The fraction of sp³-hybridized carbons (Fsp3) is 0.286. The van der Waals surface area contributed by atoms with Gasteiger partial charge in [-0.2, -0.15) is 0 Å². The molecule has 0 saturated carbocycles. The van der Waals surface area contributed by atoms with Crippen LogP contribution < -0.4 is 19.7 Å². The standard InChI is InChI=1S/C21H22N4O3/c1-27-14-9-10-15(18(13-14)28-2)21(26)24-19-20(25-11-5-6-12-25)23-17-8-4-3-7-16(17)22-19/h3-4,7-10,13H,5-6,11-12H2,1-2H3,(H,22,24,26). The maximum Gasteiger partial charge on any atom is 0.260 e. The lowest BCUT2D eigenvalue weighted by Gasteiger charge is -2.20. The van der Waals surface area contributed by atoms with Gasteiger partial charge in [0, 0.05) is 19.2 Å². The third kappa shape index (κ3) is 3.43. The number of carbonyl (C=O) groups excluding carboxylic acids is 1. The Kier molecular flexibility index (Phi) is 4.97. The predicted octanol–water partition coefficient (Wildman–Crippen LogP) is 3.50. The predicted molar refractivity (Wildman–Crippen MR) is 108 cm³/mol. The van der Waals surface area contributed by atoms with Crippen LogP contribution in [0.2, 0.25) is 0 Å². The SMILES string of the molecule is COc1ccc(C(=O)Nc2nc3ccccc3nc2N2CCCC2)c(OC)c1. The number of amides is 1. The minimum atomic E-state index is -0.301. The van der Waals surface area contributed by atoms with E-state index in [0.717, 1.165) is 37.0 Å². The van der Waals surface area contributed by atoms with E-state index >= 15 is 0 Å². The minimum Gasteiger partial charge on any atom is -0.497 e. The number of hydrogen-bond donors (Lipinski definition) is 1. The molecular formula is C21H22N4O3. The van der Waals surface area contributed by atoms with Crippen molar-refractivity contribution in [2.45, 2.75) is 12.8 Å². The Morgan fingerprint density at radius 3 is 2.39 bits per heavy atom. The van der Waals surface area contributed by atoms with E-state index in [2.05, 4.69) is 15.2 Å². The van der Waals surface area contributed by atoms with Gasteiger partial charge in [0.05, 0.1) is 30.8 Å². The Balaban J connectivity index is 1.72. The average Bonchev–Trinajstić information content (AvgIpc) is 3.27. The number of benzene rings is 2. The lowest BCUT2D eigenvalue weighted by atomic mass is 10.1. The summed E-state index contributed by atoms with van der Waals surface area (Å²) in [5.74, 6) is 1.93. The largest absolute Gasteiger partial charge is 0.497 e. The minimum absolute atomic E-state index is 0.301. The van der Waals surface area contributed by atoms with Crippen molar-refractivity contribution in [1.29, 1.82) is 0 Å². The Morgan fingerprint density at radius 1 is 1.00 bits per heavy atom. The van der Waals surface area contributed by atoms with Crippen molar-refractivity contribution in [2.24, 2.45) is 0 Å². The molecule has 0 atom stereocenters.